The first-order valence-electron chi connectivity index (χ1n) is 6.93. The van der Waals surface area contributed by atoms with Crippen LogP contribution in [0.2, 0.25) is 0 Å². The van der Waals surface area contributed by atoms with E-state index in [2.05, 4.69) is 5.32 Å². The number of aliphatic hydroxyl groups excluding tert-OH is 1. The average Bonchev–Trinajstić information content (AvgIpc) is 2.89. The molecule has 1 amide bonds. The van der Waals surface area contributed by atoms with Crippen LogP contribution in [0.5, 0.6) is 0 Å². The molecule has 3 unspecified atom stereocenters. The molecule has 18 heavy (non-hydrogen) atoms. The van der Waals surface area contributed by atoms with Crippen LogP contribution in [0.25, 0.3) is 0 Å². The van der Waals surface area contributed by atoms with Crippen LogP contribution < -0.4 is 5.32 Å². The summed E-state index contributed by atoms with van der Waals surface area (Å²) < 4.78 is 5.44. The first-order chi connectivity index (χ1) is 8.70. The maximum atomic E-state index is 12.2. The number of ether oxygens (including phenoxy) is 1. The Balaban J connectivity index is 1.78. The molecule has 104 valence electrons. The van der Waals surface area contributed by atoms with Crippen LogP contribution in [-0.4, -0.2) is 60.9 Å². The molecule has 0 aromatic carbocycles. The molecule has 2 N–H and O–H groups in total. The van der Waals surface area contributed by atoms with Crippen molar-refractivity contribution in [2.75, 3.05) is 32.8 Å². The number of hydrogen-bond acceptors (Lipinski definition) is 4. The molecule has 0 aromatic rings. The van der Waals surface area contributed by atoms with Gasteiger partial charge in [0.25, 0.3) is 0 Å². The molecule has 0 aromatic heterocycles. The fourth-order valence-electron chi connectivity index (χ4n) is 2.71. The fourth-order valence-corrected chi connectivity index (χ4v) is 2.71. The number of nitrogens with zero attached hydrogens (tertiary/aromatic N) is 1. The lowest BCUT2D eigenvalue weighted by Crippen LogP contribution is -2.52. The third-order valence-electron chi connectivity index (χ3n) is 3.96. The first kappa shape index (κ1) is 13.8. The Labute approximate surface area is 108 Å². The van der Waals surface area contributed by atoms with E-state index in [0.29, 0.717) is 25.5 Å². The van der Waals surface area contributed by atoms with E-state index in [1.54, 1.807) is 0 Å². The van der Waals surface area contributed by atoms with Gasteiger partial charge in [-0.3, -0.25) is 4.79 Å². The van der Waals surface area contributed by atoms with Gasteiger partial charge in [0.15, 0.2) is 0 Å². The van der Waals surface area contributed by atoms with E-state index < -0.39 is 0 Å². The van der Waals surface area contributed by atoms with Crippen molar-refractivity contribution in [3.63, 3.8) is 0 Å². The summed E-state index contributed by atoms with van der Waals surface area (Å²) in [5.41, 5.74) is 0. The van der Waals surface area contributed by atoms with Gasteiger partial charge in [-0.1, -0.05) is 0 Å². The van der Waals surface area contributed by atoms with Gasteiger partial charge >= 0.3 is 0 Å². The normalized spacial score (nSPS) is 32.8. The number of amides is 1. The number of carbonyl (C=O) groups is 1. The Kier molecular flexibility index (Phi) is 4.97. The van der Waals surface area contributed by atoms with Gasteiger partial charge in [0.1, 0.15) is 0 Å². The van der Waals surface area contributed by atoms with E-state index in [9.17, 15) is 4.79 Å². The lowest BCUT2D eigenvalue weighted by atomic mass is 10.0. The minimum atomic E-state index is -0.210. The zero-order chi connectivity index (χ0) is 13.0. The highest BCUT2D eigenvalue weighted by molar-refractivity contribution is 5.76. The number of nitrogens with one attached hydrogen (secondary N) is 1. The maximum Gasteiger partial charge on any atom is 0.222 e. The molecule has 2 aliphatic rings. The molecular weight excluding hydrogens is 232 g/mol. The summed E-state index contributed by atoms with van der Waals surface area (Å²) >= 11 is 0. The summed E-state index contributed by atoms with van der Waals surface area (Å²) in [5.74, 6) is 0.857. The molecular formula is C13H24N2O3. The largest absolute Gasteiger partial charge is 0.394 e. The van der Waals surface area contributed by atoms with Crippen LogP contribution in [-0.2, 0) is 9.53 Å². The predicted molar refractivity (Wildman–Crippen MR) is 68.2 cm³/mol. The molecule has 2 rings (SSSR count). The van der Waals surface area contributed by atoms with E-state index in [-0.39, 0.29) is 24.7 Å². The van der Waals surface area contributed by atoms with Crippen molar-refractivity contribution < 1.29 is 14.6 Å². The molecule has 3 atom stereocenters. The lowest BCUT2D eigenvalue weighted by Gasteiger charge is -2.37. The average molecular weight is 256 g/mol. The second-order valence-electron chi connectivity index (χ2n) is 5.43. The summed E-state index contributed by atoms with van der Waals surface area (Å²) in [6, 6.07) is 0.127. The Morgan fingerprint density at radius 3 is 3.06 bits per heavy atom. The van der Waals surface area contributed by atoms with E-state index in [1.165, 1.54) is 6.42 Å². The predicted octanol–water partition coefficient (Wildman–Crippen LogP) is -0.0157. The van der Waals surface area contributed by atoms with Gasteiger partial charge in [0.2, 0.25) is 5.91 Å². The SMILES string of the molecule is CC1COC(CO)CN1C(=O)CCC1CCNC1. The molecule has 0 saturated carbocycles. The maximum absolute atomic E-state index is 12.2. The molecule has 5 nitrogen and oxygen atoms in total. The third-order valence-corrected chi connectivity index (χ3v) is 3.96. The zero-order valence-corrected chi connectivity index (χ0v) is 11.1. The van der Waals surface area contributed by atoms with Gasteiger partial charge in [-0.2, -0.15) is 0 Å². The van der Waals surface area contributed by atoms with Crippen LogP contribution in [0.3, 0.4) is 0 Å². The molecule has 0 aliphatic carbocycles. The lowest BCUT2D eigenvalue weighted by molar-refractivity contribution is -0.146. The molecule has 2 aliphatic heterocycles. The number of hydrogen-bond donors (Lipinski definition) is 2. The van der Waals surface area contributed by atoms with E-state index in [0.717, 1.165) is 19.5 Å². The topological polar surface area (TPSA) is 61.8 Å². The van der Waals surface area contributed by atoms with Gasteiger partial charge in [0.05, 0.1) is 25.4 Å². The monoisotopic (exact) mass is 256 g/mol. The molecule has 0 spiro atoms. The molecule has 2 heterocycles. The zero-order valence-electron chi connectivity index (χ0n) is 11.1. The smallest absolute Gasteiger partial charge is 0.222 e. The third kappa shape index (κ3) is 3.43. The van der Waals surface area contributed by atoms with Crippen LogP contribution in [0.1, 0.15) is 26.2 Å². The fraction of sp³-hybridized carbons (Fsp3) is 0.923. The van der Waals surface area contributed by atoms with Gasteiger partial charge in [-0.25, -0.2) is 0 Å². The molecule has 2 saturated heterocycles. The van der Waals surface area contributed by atoms with E-state index in [1.807, 2.05) is 11.8 Å². The highest BCUT2D eigenvalue weighted by atomic mass is 16.5. The standard InChI is InChI=1S/C13H24N2O3/c1-10-9-18-12(8-16)7-15(10)13(17)3-2-11-4-5-14-6-11/h10-12,14,16H,2-9H2,1H3. The van der Waals surface area contributed by atoms with Crippen molar-refractivity contribution in [1.29, 1.82) is 0 Å². The summed E-state index contributed by atoms with van der Waals surface area (Å²) in [6.07, 6.45) is 2.57. The van der Waals surface area contributed by atoms with Gasteiger partial charge in [-0.15, -0.1) is 0 Å². The number of rotatable bonds is 4. The minimum Gasteiger partial charge on any atom is -0.394 e. The number of morpholine rings is 1. The van der Waals surface area contributed by atoms with E-state index >= 15 is 0 Å². The molecule has 5 heteroatoms. The van der Waals surface area contributed by atoms with Crippen molar-refractivity contribution in [2.24, 2.45) is 5.92 Å². The first-order valence-corrected chi connectivity index (χ1v) is 6.93. The Morgan fingerprint density at radius 2 is 2.39 bits per heavy atom. The molecule has 0 bridgehead atoms. The number of aliphatic hydroxyl groups is 1. The number of carbonyl (C=O) groups excluding carboxylic acids is 1. The van der Waals surface area contributed by atoms with Gasteiger partial charge < -0.3 is 20.1 Å². The minimum absolute atomic E-state index is 0.0109. The van der Waals surface area contributed by atoms with Crippen molar-refractivity contribution in [1.82, 2.24) is 10.2 Å². The van der Waals surface area contributed by atoms with Crippen molar-refractivity contribution >= 4 is 5.91 Å². The summed E-state index contributed by atoms with van der Waals surface area (Å²) in [5, 5.41) is 12.4. The molecule has 2 fully saturated rings. The quantitative estimate of drug-likeness (QED) is 0.742. The van der Waals surface area contributed by atoms with Crippen LogP contribution in [0, 0.1) is 5.92 Å². The van der Waals surface area contributed by atoms with Crippen LogP contribution in [0.15, 0.2) is 0 Å². The highest BCUT2D eigenvalue weighted by Crippen LogP contribution is 2.18. The van der Waals surface area contributed by atoms with E-state index in [4.69, 9.17) is 9.84 Å². The Bertz CT molecular complexity index is 279. The Hall–Kier alpha value is -0.650. The highest BCUT2D eigenvalue weighted by Gasteiger charge is 2.29. The van der Waals surface area contributed by atoms with Gasteiger partial charge in [0, 0.05) is 13.0 Å². The van der Waals surface area contributed by atoms with Crippen molar-refractivity contribution in [3.05, 3.63) is 0 Å². The summed E-state index contributed by atoms with van der Waals surface area (Å²) in [4.78, 5) is 14.1. The summed E-state index contributed by atoms with van der Waals surface area (Å²) in [7, 11) is 0. The van der Waals surface area contributed by atoms with Crippen molar-refractivity contribution in [3.8, 4) is 0 Å². The summed E-state index contributed by atoms with van der Waals surface area (Å²) in [6.45, 7) is 5.18. The second kappa shape index (κ2) is 6.50. The van der Waals surface area contributed by atoms with Crippen LogP contribution >= 0.6 is 0 Å². The van der Waals surface area contributed by atoms with Gasteiger partial charge in [-0.05, 0) is 38.8 Å². The molecule has 0 radical (unpaired) electrons. The second-order valence-corrected chi connectivity index (χ2v) is 5.43. The van der Waals surface area contributed by atoms with Crippen LogP contribution in [0.4, 0.5) is 0 Å². The Morgan fingerprint density at radius 1 is 1.56 bits per heavy atom. The van der Waals surface area contributed by atoms with Crippen molar-refractivity contribution in [2.45, 2.75) is 38.3 Å².